The van der Waals surface area contributed by atoms with Crippen LogP contribution in [-0.4, -0.2) is 22.8 Å². The van der Waals surface area contributed by atoms with Crippen LogP contribution in [0.2, 0.25) is 0 Å². The largest absolute Gasteiger partial charge is 0.351 e. The van der Waals surface area contributed by atoms with Crippen LogP contribution in [0.25, 0.3) is 10.2 Å². The molecule has 0 aliphatic heterocycles. The minimum Gasteiger partial charge on any atom is -0.351 e. The third-order valence-corrected chi connectivity index (χ3v) is 7.50. The first-order valence-electron chi connectivity index (χ1n) is 11.9. The van der Waals surface area contributed by atoms with Gasteiger partial charge in [0.25, 0.3) is 5.91 Å². The van der Waals surface area contributed by atoms with E-state index >= 15 is 0 Å². The molecule has 0 unspecified atom stereocenters. The smallest absolute Gasteiger partial charge is 0.275 e. The average Bonchev–Trinajstić information content (AvgIpc) is 3.47. The number of amides is 2. The van der Waals surface area contributed by atoms with Gasteiger partial charge in [-0.1, -0.05) is 67.8 Å². The Balaban J connectivity index is 1.60. The molecule has 5 nitrogen and oxygen atoms in total. The Hall–Kier alpha value is -3.38. The lowest BCUT2D eigenvalue weighted by atomic mass is 9.94. The number of hydrogen-bond acceptors (Lipinski definition) is 3. The number of H-pyrrole nitrogens is 1. The highest BCUT2D eigenvalue weighted by atomic mass is 32.1. The summed E-state index contributed by atoms with van der Waals surface area (Å²) in [5, 5.41) is 5.27. The number of nitrogens with zero attached hydrogens (tertiary/aromatic N) is 1. The molecule has 6 heteroatoms. The van der Waals surface area contributed by atoms with Gasteiger partial charge in [-0.05, 0) is 54.5 Å². The standard InChI is InChI=1S/C28H29N3O2S/c1-19-10-8-9-15-24(19)31(28(33)23-18-25-22(30-23)16-17-34-25)26(20-11-4-2-5-12-20)27(32)29-21-13-6-3-7-14-21/h2,4-5,8-12,15-18,21,26,30H,3,6-7,13-14H2,1H3,(H,29,32)/t26-/m0/s1. The number of aromatic nitrogens is 1. The fourth-order valence-electron chi connectivity index (χ4n) is 4.87. The van der Waals surface area contributed by atoms with E-state index in [1.807, 2.05) is 79.0 Å². The number of anilines is 1. The van der Waals surface area contributed by atoms with Gasteiger partial charge in [0.05, 0.1) is 10.2 Å². The number of aryl methyl sites for hydroxylation is 1. The first kappa shape index (κ1) is 22.4. The molecule has 34 heavy (non-hydrogen) atoms. The number of hydrogen-bond donors (Lipinski definition) is 2. The van der Waals surface area contributed by atoms with Gasteiger partial charge in [-0.15, -0.1) is 11.3 Å². The lowest BCUT2D eigenvalue weighted by Crippen LogP contribution is -2.47. The molecule has 1 atom stereocenters. The molecule has 1 aliphatic rings. The van der Waals surface area contributed by atoms with Crippen LogP contribution in [0.1, 0.15) is 59.8 Å². The summed E-state index contributed by atoms with van der Waals surface area (Å²) in [4.78, 5) is 32.9. The molecule has 1 saturated carbocycles. The number of carbonyl (C=O) groups excluding carboxylic acids is 2. The summed E-state index contributed by atoms with van der Waals surface area (Å²) < 4.78 is 1.02. The van der Waals surface area contributed by atoms with E-state index in [-0.39, 0.29) is 17.9 Å². The molecule has 2 N–H and O–H groups in total. The Morgan fingerprint density at radius 2 is 1.74 bits per heavy atom. The Labute approximate surface area is 203 Å². The number of carbonyl (C=O) groups is 2. The lowest BCUT2D eigenvalue weighted by Gasteiger charge is -2.34. The number of aromatic amines is 1. The highest BCUT2D eigenvalue weighted by Gasteiger charge is 2.35. The summed E-state index contributed by atoms with van der Waals surface area (Å²) in [7, 11) is 0. The molecule has 0 radical (unpaired) electrons. The Morgan fingerprint density at radius 1 is 1.00 bits per heavy atom. The van der Waals surface area contributed by atoms with Crippen LogP contribution in [0.4, 0.5) is 5.69 Å². The minimum absolute atomic E-state index is 0.136. The normalized spacial score (nSPS) is 15.2. The second kappa shape index (κ2) is 9.85. The number of rotatable bonds is 6. The first-order chi connectivity index (χ1) is 16.6. The van der Waals surface area contributed by atoms with E-state index in [0.29, 0.717) is 5.69 Å². The van der Waals surface area contributed by atoms with E-state index in [9.17, 15) is 9.59 Å². The zero-order chi connectivity index (χ0) is 23.5. The number of nitrogens with one attached hydrogen (secondary N) is 2. The van der Waals surface area contributed by atoms with Crippen LogP contribution < -0.4 is 10.2 Å². The van der Waals surface area contributed by atoms with Crippen LogP contribution in [0.5, 0.6) is 0 Å². The molecule has 1 aliphatic carbocycles. The van der Waals surface area contributed by atoms with E-state index in [1.54, 1.807) is 16.2 Å². The monoisotopic (exact) mass is 471 g/mol. The highest BCUT2D eigenvalue weighted by molar-refractivity contribution is 7.17. The fourth-order valence-corrected chi connectivity index (χ4v) is 5.66. The van der Waals surface area contributed by atoms with Gasteiger partial charge in [-0.3, -0.25) is 14.5 Å². The van der Waals surface area contributed by atoms with Crippen molar-refractivity contribution in [3.8, 4) is 0 Å². The van der Waals surface area contributed by atoms with E-state index in [1.165, 1.54) is 6.42 Å². The van der Waals surface area contributed by atoms with Gasteiger partial charge in [0.2, 0.25) is 5.91 Å². The predicted molar refractivity (Wildman–Crippen MR) is 138 cm³/mol. The summed E-state index contributed by atoms with van der Waals surface area (Å²) >= 11 is 1.59. The van der Waals surface area contributed by atoms with Gasteiger partial charge in [-0.2, -0.15) is 0 Å². The van der Waals surface area contributed by atoms with Gasteiger partial charge in [0.15, 0.2) is 0 Å². The molecular weight excluding hydrogens is 442 g/mol. The lowest BCUT2D eigenvalue weighted by molar-refractivity contribution is -0.123. The van der Waals surface area contributed by atoms with Crippen molar-refractivity contribution in [2.45, 2.75) is 51.1 Å². The zero-order valence-corrected chi connectivity index (χ0v) is 20.1. The van der Waals surface area contributed by atoms with Crippen molar-refractivity contribution in [3.05, 3.63) is 88.9 Å². The average molecular weight is 472 g/mol. The van der Waals surface area contributed by atoms with Crippen LogP contribution >= 0.6 is 11.3 Å². The first-order valence-corrected chi connectivity index (χ1v) is 12.8. The predicted octanol–water partition coefficient (Wildman–Crippen LogP) is 6.37. The van der Waals surface area contributed by atoms with Crippen LogP contribution in [0.15, 0.2) is 72.1 Å². The fraction of sp³-hybridized carbons (Fsp3) is 0.286. The maximum atomic E-state index is 14.1. The molecule has 2 aromatic carbocycles. The van der Waals surface area contributed by atoms with Crippen molar-refractivity contribution in [1.29, 1.82) is 0 Å². The van der Waals surface area contributed by atoms with Gasteiger partial charge in [-0.25, -0.2) is 0 Å². The maximum absolute atomic E-state index is 14.1. The van der Waals surface area contributed by atoms with Crippen molar-refractivity contribution in [2.75, 3.05) is 4.90 Å². The molecule has 0 spiro atoms. The van der Waals surface area contributed by atoms with Gasteiger partial charge in [0.1, 0.15) is 11.7 Å². The molecule has 174 valence electrons. The van der Waals surface area contributed by atoms with Crippen molar-refractivity contribution in [3.63, 3.8) is 0 Å². The molecule has 2 aromatic heterocycles. The van der Waals surface area contributed by atoms with Crippen LogP contribution in [-0.2, 0) is 4.79 Å². The Bertz CT molecular complexity index is 1260. The molecule has 0 saturated heterocycles. The molecule has 0 bridgehead atoms. The second-order valence-electron chi connectivity index (χ2n) is 9.00. The van der Waals surface area contributed by atoms with Crippen LogP contribution in [0, 0.1) is 6.92 Å². The van der Waals surface area contributed by atoms with Crippen LogP contribution in [0.3, 0.4) is 0 Å². The van der Waals surface area contributed by atoms with E-state index in [4.69, 9.17) is 0 Å². The Morgan fingerprint density at radius 3 is 2.47 bits per heavy atom. The SMILES string of the molecule is Cc1ccccc1N(C(=O)c1cc2sccc2[nH]1)[C@H](C(=O)NC1CCCCC1)c1ccccc1. The van der Waals surface area contributed by atoms with Crippen molar-refractivity contribution in [2.24, 2.45) is 0 Å². The molecular formula is C28H29N3O2S. The molecule has 2 heterocycles. The summed E-state index contributed by atoms with van der Waals surface area (Å²) in [5.41, 5.74) is 3.88. The summed E-state index contributed by atoms with van der Waals surface area (Å²) in [6.45, 7) is 1.98. The number of benzene rings is 2. The third-order valence-electron chi connectivity index (χ3n) is 6.64. The van der Waals surface area contributed by atoms with Crippen molar-refractivity contribution >= 4 is 39.1 Å². The topological polar surface area (TPSA) is 65.2 Å². The van der Waals surface area contributed by atoms with Gasteiger partial charge < -0.3 is 10.3 Å². The zero-order valence-electron chi connectivity index (χ0n) is 19.3. The second-order valence-corrected chi connectivity index (χ2v) is 9.95. The minimum atomic E-state index is -0.780. The Kier molecular flexibility index (Phi) is 6.50. The van der Waals surface area contributed by atoms with E-state index < -0.39 is 6.04 Å². The van der Waals surface area contributed by atoms with E-state index in [0.717, 1.165) is 52.7 Å². The summed E-state index contributed by atoms with van der Waals surface area (Å²) in [5.74, 6) is -0.353. The number of fused-ring (bicyclic) bond motifs is 1. The number of para-hydroxylation sites is 1. The highest BCUT2D eigenvalue weighted by Crippen LogP contribution is 2.33. The van der Waals surface area contributed by atoms with Gasteiger partial charge in [0, 0.05) is 11.7 Å². The van der Waals surface area contributed by atoms with E-state index in [2.05, 4.69) is 10.3 Å². The van der Waals surface area contributed by atoms with Crippen molar-refractivity contribution in [1.82, 2.24) is 10.3 Å². The molecule has 5 rings (SSSR count). The van der Waals surface area contributed by atoms with Gasteiger partial charge >= 0.3 is 0 Å². The maximum Gasteiger partial charge on any atom is 0.275 e. The molecule has 2 amide bonds. The summed E-state index contributed by atoms with van der Waals surface area (Å²) in [6, 6.07) is 20.6. The number of thiophene rings is 1. The molecule has 1 fully saturated rings. The third kappa shape index (κ3) is 4.50. The van der Waals surface area contributed by atoms with Crippen molar-refractivity contribution < 1.29 is 9.59 Å². The quantitative estimate of drug-likeness (QED) is 0.343. The summed E-state index contributed by atoms with van der Waals surface area (Å²) in [6.07, 6.45) is 5.43. The molecule has 4 aromatic rings.